The van der Waals surface area contributed by atoms with Crippen LogP contribution in [0.4, 0.5) is 4.79 Å². The number of nitrogens with one attached hydrogen (secondary N) is 1. The number of aliphatic hydroxyl groups is 1. The lowest BCUT2D eigenvalue weighted by Crippen LogP contribution is -2.48. The highest BCUT2D eigenvalue weighted by Gasteiger charge is 2.21. The minimum absolute atomic E-state index is 0.110. The summed E-state index contributed by atoms with van der Waals surface area (Å²) in [6.07, 6.45) is 1.62. The van der Waals surface area contributed by atoms with Crippen LogP contribution in [0.25, 0.3) is 0 Å². The molecule has 1 aliphatic heterocycles. The standard InChI is InChI=1S/C15H22N2O3/c18-10-9-17-8-4-7-14(11-17)16-15(19)20-12-13-5-2-1-3-6-13/h1-3,5-6,14,18H,4,7-12H2,(H,16,19)/t14-/m0/s1. The second-order valence-corrected chi connectivity index (χ2v) is 5.07. The summed E-state index contributed by atoms with van der Waals surface area (Å²) < 4.78 is 5.21. The molecular weight excluding hydrogens is 256 g/mol. The van der Waals surface area contributed by atoms with Crippen molar-refractivity contribution in [1.82, 2.24) is 10.2 Å². The smallest absolute Gasteiger partial charge is 0.407 e. The average molecular weight is 278 g/mol. The van der Waals surface area contributed by atoms with Crippen molar-refractivity contribution in [3.05, 3.63) is 35.9 Å². The second-order valence-electron chi connectivity index (χ2n) is 5.07. The molecule has 0 saturated carbocycles. The van der Waals surface area contributed by atoms with Crippen LogP contribution in [0.1, 0.15) is 18.4 Å². The molecule has 5 nitrogen and oxygen atoms in total. The number of alkyl carbamates (subject to hydrolysis) is 1. The first-order valence-electron chi connectivity index (χ1n) is 7.08. The van der Waals surface area contributed by atoms with Gasteiger partial charge in [0.25, 0.3) is 0 Å². The lowest BCUT2D eigenvalue weighted by Gasteiger charge is -2.32. The van der Waals surface area contributed by atoms with Crippen molar-refractivity contribution >= 4 is 6.09 Å². The van der Waals surface area contributed by atoms with E-state index < -0.39 is 0 Å². The summed E-state index contributed by atoms with van der Waals surface area (Å²) in [5.74, 6) is 0. The molecule has 1 aromatic carbocycles. The first kappa shape index (κ1) is 14.8. The summed E-state index contributed by atoms with van der Waals surface area (Å²) in [4.78, 5) is 13.9. The second kappa shape index (κ2) is 7.87. The van der Waals surface area contributed by atoms with Gasteiger partial charge in [0.2, 0.25) is 0 Å². The molecule has 0 aliphatic carbocycles. The Morgan fingerprint density at radius 3 is 2.95 bits per heavy atom. The van der Waals surface area contributed by atoms with E-state index >= 15 is 0 Å². The van der Waals surface area contributed by atoms with Crippen molar-refractivity contribution in [2.75, 3.05) is 26.2 Å². The highest BCUT2D eigenvalue weighted by Crippen LogP contribution is 2.10. The minimum atomic E-state index is -0.371. The first-order chi connectivity index (χ1) is 9.78. The van der Waals surface area contributed by atoms with Crippen LogP contribution >= 0.6 is 0 Å². The molecule has 1 heterocycles. The Hall–Kier alpha value is -1.59. The van der Waals surface area contributed by atoms with Crippen LogP contribution in [-0.2, 0) is 11.3 Å². The number of ether oxygens (including phenoxy) is 1. The third kappa shape index (κ3) is 4.83. The van der Waals surface area contributed by atoms with Gasteiger partial charge in [-0.25, -0.2) is 4.79 Å². The Morgan fingerprint density at radius 1 is 1.40 bits per heavy atom. The SMILES string of the molecule is O=C(N[C@H]1CCCN(CCO)C1)OCc1ccccc1. The van der Waals surface area contributed by atoms with Gasteiger partial charge in [0.05, 0.1) is 6.61 Å². The van der Waals surface area contributed by atoms with E-state index in [4.69, 9.17) is 9.84 Å². The predicted octanol–water partition coefficient (Wildman–Crippen LogP) is 1.37. The van der Waals surface area contributed by atoms with E-state index in [1.807, 2.05) is 30.3 Å². The molecule has 20 heavy (non-hydrogen) atoms. The van der Waals surface area contributed by atoms with Crippen molar-refractivity contribution in [1.29, 1.82) is 0 Å². The average Bonchev–Trinajstić information content (AvgIpc) is 2.47. The Morgan fingerprint density at radius 2 is 2.20 bits per heavy atom. The number of rotatable bonds is 5. The summed E-state index contributed by atoms with van der Waals surface area (Å²) >= 11 is 0. The van der Waals surface area contributed by atoms with Gasteiger partial charge in [-0.2, -0.15) is 0 Å². The van der Waals surface area contributed by atoms with Gasteiger partial charge in [-0.05, 0) is 24.9 Å². The summed E-state index contributed by atoms with van der Waals surface area (Å²) in [7, 11) is 0. The lowest BCUT2D eigenvalue weighted by atomic mass is 10.1. The Balaban J connectivity index is 1.71. The number of nitrogens with zero attached hydrogens (tertiary/aromatic N) is 1. The molecule has 0 radical (unpaired) electrons. The van der Waals surface area contributed by atoms with E-state index in [0.29, 0.717) is 13.2 Å². The quantitative estimate of drug-likeness (QED) is 0.854. The zero-order chi connectivity index (χ0) is 14.2. The summed E-state index contributed by atoms with van der Waals surface area (Å²) in [6, 6.07) is 9.74. The fraction of sp³-hybridized carbons (Fsp3) is 0.533. The number of hydrogen-bond acceptors (Lipinski definition) is 4. The molecule has 2 N–H and O–H groups in total. The Bertz CT molecular complexity index is 409. The maximum atomic E-state index is 11.7. The van der Waals surface area contributed by atoms with Crippen molar-refractivity contribution in [2.45, 2.75) is 25.5 Å². The third-order valence-corrected chi connectivity index (χ3v) is 3.46. The molecule has 2 rings (SSSR count). The molecular formula is C15H22N2O3. The zero-order valence-corrected chi connectivity index (χ0v) is 11.6. The molecule has 110 valence electrons. The largest absolute Gasteiger partial charge is 0.445 e. The predicted molar refractivity (Wildman–Crippen MR) is 76.3 cm³/mol. The van der Waals surface area contributed by atoms with E-state index in [1.54, 1.807) is 0 Å². The van der Waals surface area contributed by atoms with Gasteiger partial charge in [0, 0.05) is 19.1 Å². The molecule has 0 unspecified atom stereocenters. The number of likely N-dealkylation sites (tertiary alicyclic amines) is 1. The first-order valence-corrected chi connectivity index (χ1v) is 7.08. The van der Waals surface area contributed by atoms with Crippen LogP contribution in [0, 0.1) is 0 Å². The summed E-state index contributed by atoms with van der Waals surface area (Å²) in [5.41, 5.74) is 0.980. The number of piperidine rings is 1. The van der Waals surface area contributed by atoms with E-state index in [-0.39, 0.29) is 18.7 Å². The summed E-state index contributed by atoms with van der Waals surface area (Å²) in [5, 5.41) is 11.8. The van der Waals surface area contributed by atoms with E-state index in [9.17, 15) is 4.79 Å². The van der Waals surface area contributed by atoms with E-state index in [2.05, 4.69) is 10.2 Å². The molecule has 5 heteroatoms. The van der Waals surface area contributed by atoms with E-state index in [1.165, 1.54) is 0 Å². The fourth-order valence-corrected chi connectivity index (χ4v) is 2.45. The van der Waals surface area contributed by atoms with Gasteiger partial charge >= 0.3 is 6.09 Å². The molecule has 0 bridgehead atoms. The highest BCUT2D eigenvalue weighted by molar-refractivity contribution is 5.67. The molecule has 1 aromatic rings. The van der Waals surface area contributed by atoms with Crippen LogP contribution in [-0.4, -0.2) is 48.4 Å². The molecule has 0 spiro atoms. The van der Waals surface area contributed by atoms with Gasteiger partial charge in [-0.1, -0.05) is 30.3 Å². The van der Waals surface area contributed by atoms with Gasteiger partial charge in [0.15, 0.2) is 0 Å². The minimum Gasteiger partial charge on any atom is -0.445 e. The van der Waals surface area contributed by atoms with Gasteiger partial charge < -0.3 is 15.2 Å². The zero-order valence-electron chi connectivity index (χ0n) is 11.6. The normalized spacial score (nSPS) is 19.6. The molecule has 1 saturated heterocycles. The number of carbonyl (C=O) groups is 1. The topological polar surface area (TPSA) is 61.8 Å². The number of benzene rings is 1. The van der Waals surface area contributed by atoms with Gasteiger partial charge in [-0.3, -0.25) is 4.90 Å². The maximum Gasteiger partial charge on any atom is 0.407 e. The molecule has 1 fully saturated rings. The van der Waals surface area contributed by atoms with Crippen LogP contribution < -0.4 is 5.32 Å². The van der Waals surface area contributed by atoms with Gasteiger partial charge in [-0.15, -0.1) is 0 Å². The lowest BCUT2D eigenvalue weighted by molar-refractivity contribution is 0.118. The molecule has 1 atom stereocenters. The van der Waals surface area contributed by atoms with Crippen LogP contribution in [0.5, 0.6) is 0 Å². The van der Waals surface area contributed by atoms with Crippen molar-refractivity contribution in [3.8, 4) is 0 Å². The van der Waals surface area contributed by atoms with Crippen molar-refractivity contribution in [2.24, 2.45) is 0 Å². The number of β-amino-alcohol motifs (C(OH)–C–C–N with tert-alkyl or cyclic N) is 1. The Kier molecular flexibility index (Phi) is 5.83. The number of amides is 1. The fourth-order valence-electron chi connectivity index (χ4n) is 2.45. The number of hydrogen-bond donors (Lipinski definition) is 2. The number of aliphatic hydroxyl groups excluding tert-OH is 1. The van der Waals surface area contributed by atoms with E-state index in [0.717, 1.165) is 31.5 Å². The van der Waals surface area contributed by atoms with Crippen molar-refractivity contribution in [3.63, 3.8) is 0 Å². The summed E-state index contributed by atoms with van der Waals surface area (Å²) in [6.45, 7) is 2.88. The molecule has 1 amide bonds. The maximum absolute atomic E-state index is 11.7. The van der Waals surface area contributed by atoms with Crippen LogP contribution in [0.2, 0.25) is 0 Å². The highest BCUT2D eigenvalue weighted by atomic mass is 16.5. The van der Waals surface area contributed by atoms with Gasteiger partial charge in [0.1, 0.15) is 6.61 Å². The molecule has 1 aliphatic rings. The molecule has 0 aromatic heterocycles. The monoisotopic (exact) mass is 278 g/mol. The van der Waals surface area contributed by atoms with Crippen LogP contribution in [0.3, 0.4) is 0 Å². The van der Waals surface area contributed by atoms with Crippen LogP contribution in [0.15, 0.2) is 30.3 Å². The Labute approximate surface area is 119 Å². The number of carbonyl (C=O) groups excluding carboxylic acids is 1. The van der Waals surface area contributed by atoms with Crippen molar-refractivity contribution < 1.29 is 14.6 Å². The third-order valence-electron chi connectivity index (χ3n) is 3.46.